The number of aromatic nitrogens is 2. The second-order valence-corrected chi connectivity index (χ2v) is 10.5. The van der Waals surface area contributed by atoms with E-state index in [1.165, 1.54) is 35.7 Å². The van der Waals surface area contributed by atoms with E-state index in [9.17, 15) is 17.6 Å². The normalized spacial score (nSPS) is 14.3. The number of benzene rings is 1. The molecule has 0 unspecified atom stereocenters. The molecule has 0 aliphatic carbocycles. The van der Waals surface area contributed by atoms with Crippen molar-refractivity contribution in [3.05, 3.63) is 51.9 Å². The Morgan fingerprint density at radius 2 is 1.97 bits per heavy atom. The lowest BCUT2D eigenvalue weighted by molar-refractivity contribution is 0.0796. The summed E-state index contributed by atoms with van der Waals surface area (Å²) in [7, 11) is -2.35. The fourth-order valence-corrected chi connectivity index (χ4v) is 5.83. The van der Waals surface area contributed by atoms with Crippen molar-refractivity contribution in [2.75, 3.05) is 17.8 Å². The Labute approximate surface area is 188 Å². The van der Waals surface area contributed by atoms with Crippen LogP contribution in [0, 0.1) is 12.7 Å². The van der Waals surface area contributed by atoms with Crippen LogP contribution in [0.5, 0.6) is 0 Å². The standard InChI is InChI=1S/C20H20ClFN4O3S2/c1-12-18(20(27)26-7-3-4-8-26)30-19(23-12)17-10-14(11-25(17)2)31(28,29)24-16-6-5-13(21)9-15(16)22/h5-6,9-11,24H,3-4,7-8H2,1-2H3. The molecule has 31 heavy (non-hydrogen) atoms. The molecule has 1 aromatic carbocycles. The van der Waals surface area contributed by atoms with Crippen molar-refractivity contribution >= 4 is 44.6 Å². The smallest absolute Gasteiger partial charge is 0.265 e. The maximum Gasteiger partial charge on any atom is 0.265 e. The molecule has 0 spiro atoms. The third-order valence-electron chi connectivity index (χ3n) is 5.07. The van der Waals surface area contributed by atoms with Crippen LogP contribution in [-0.2, 0) is 17.1 Å². The van der Waals surface area contributed by atoms with E-state index in [0.29, 0.717) is 21.3 Å². The summed E-state index contributed by atoms with van der Waals surface area (Å²) in [5.41, 5.74) is 0.966. The predicted molar refractivity (Wildman–Crippen MR) is 119 cm³/mol. The van der Waals surface area contributed by atoms with Gasteiger partial charge >= 0.3 is 0 Å². The van der Waals surface area contributed by atoms with Crippen molar-refractivity contribution in [1.82, 2.24) is 14.5 Å². The van der Waals surface area contributed by atoms with Crippen LogP contribution in [0.3, 0.4) is 0 Å². The molecule has 1 aliphatic heterocycles. The van der Waals surface area contributed by atoms with E-state index in [1.807, 2.05) is 4.90 Å². The summed E-state index contributed by atoms with van der Waals surface area (Å²) in [6.45, 7) is 3.25. The minimum Gasteiger partial charge on any atom is -0.347 e. The quantitative estimate of drug-likeness (QED) is 0.588. The Morgan fingerprint density at radius 1 is 1.26 bits per heavy atom. The highest BCUT2D eigenvalue weighted by molar-refractivity contribution is 7.92. The van der Waals surface area contributed by atoms with E-state index in [4.69, 9.17) is 11.6 Å². The zero-order chi connectivity index (χ0) is 22.3. The van der Waals surface area contributed by atoms with Gasteiger partial charge in [-0.3, -0.25) is 9.52 Å². The molecule has 1 fully saturated rings. The number of anilines is 1. The molecule has 3 heterocycles. The van der Waals surface area contributed by atoms with E-state index in [-0.39, 0.29) is 21.5 Å². The molecule has 1 saturated heterocycles. The summed E-state index contributed by atoms with van der Waals surface area (Å²) in [5.74, 6) is -0.812. The zero-order valence-corrected chi connectivity index (χ0v) is 19.2. The number of carbonyl (C=O) groups excluding carboxylic acids is 1. The molecule has 0 atom stereocenters. The molecule has 2 aromatic heterocycles. The SMILES string of the molecule is Cc1nc(-c2cc(S(=O)(=O)Nc3ccc(Cl)cc3F)cn2C)sc1C(=O)N1CCCC1. The van der Waals surface area contributed by atoms with Crippen LogP contribution in [0.2, 0.25) is 5.02 Å². The molecule has 11 heteroatoms. The van der Waals surface area contributed by atoms with E-state index in [2.05, 4.69) is 9.71 Å². The van der Waals surface area contributed by atoms with Gasteiger partial charge in [0.15, 0.2) is 0 Å². The van der Waals surface area contributed by atoms with Gasteiger partial charge in [-0.05, 0) is 44.0 Å². The lowest BCUT2D eigenvalue weighted by Crippen LogP contribution is -2.27. The van der Waals surface area contributed by atoms with Gasteiger partial charge in [0.25, 0.3) is 15.9 Å². The monoisotopic (exact) mass is 482 g/mol. The Bertz CT molecular complexity index is 1260. The van der Waals surface area contributed by atoms with Crippen molar-refractivity contribution in [2.45, 2.75) is 24.7 Å². The molecule has 7 nitrogen and oxygen atoms in total. The average molecular weight is 483 g/mol. The molecule has 4 rings (SSSR count). The van der Waals surface area contributed by atoms with Gasteiger partial charge in [0.05, 0.1) is 17.1 Å². The van der Waals surface area contributed by atoms with E-state index in [0.717, 1.165) is 32.0 Å². The van der Waals surface area contributed by atoms with E-state index >= 15 is 0 Å². The second-order valence-electron chi connectivity index (χ2n) is 7.33. The molecule has 164 valence electrons. The Morgan fingerprint density at radius 3 is 2.65 bits per heavy atom. The number of amides is 1. The summed E-state index contributed by atoms with van der Waals surface area (Å²) in [6.07, 6.45) is 3.41. The number of likely N-dealkylation sites (tertiary alicyclic amines) is 1. The molecule has 0 radical (unpaired) electrons. The number of sulfonamides is 1. The predicted octanol–water partition coefficient (Wildman–Crippen LogP) is 4.29. The first-order valence-electron chi connectivity index (χ1n) is 9.57. The van der Waals surface area contributed by atoms with Crippen molar-refractivity contribution in [3.63, 3.8) is 0 Å². The van der Waals surface area contributed by atoms with Gasteiger partial charge in [-0.25, -0.2) is 17.8 Å². The lowest BCUT2D eigenvalue weighted by atomic mass is 10.3. The highest BCUT2D eigenvalue weighted by Crippen LogP contribution is 2.32. The Kier molecular flexibility index (Phi) is 5.80. The van der Waals surface area contributed by atoms with E-state index in [1.54, 1.807) is 18.5 Å². The van der Waals surface area contributed by atoms with Crippen LogP contribution in [0.4, 0.5) is 10.1 Å². The van der Waals surface area contributed by atoms with Crippen LogP contribution in [-0.4, -0.2) is 41.9 Å². The van der Waals surface area contributed by atoms with Crippen LogP contribution >= 0.6 is 22.9 Å². The number of rotatable bonds is 5. The highest BCUT2D eigenvalue weighted by atomic mass is 35.5. The van der Waals surface area contributed by atoms with Crippen molar-refractivity contribution < 1.29 is 17.6 Å². The number of halogens is 2. The maximum absolute atomic E-state index is 14.0. The summed E-state index contributed by atoms with van der Waals surface area (Å²) in [5, 5.41) is 0.711. The number of carbonyl (C=O) groups is 1. The van der Waals surface area contributed by atoms with Crippen LogP contribution < -0.4 is 4.72 Å². The topological polar surface area (TPSA) is 84.3 Å². The minimum absolute atomic E-state index is 0.0410. The molecule has 1 aliphatic rings. The van der Waals surface area contributed by atoms with Gasteiger partial charge in [-0.15, -0.1) is 11.3 Å². The fourth-order valence-electron chi connectivity index (χ4n) is 3.44. The fraction of sp³-hybridized carbons (Fsp3) is 0.300. The Hall–Kier alpha value is -2.43. The first-order valence-corrected chi connectivity index (χ1v) is 12.2. The zero-order valence-electron chi connectivity index (χ0n) is 16.9. The average Bonchev–Trinajstić information content (AvgIpc) is 3.43. The van der Waals surface area contributed by atoms with Crippen molar-refractivity contribution in [2.24, 2.45) is 7.05 Å². The lowest BCUT2D eigenvalue weighted by Gasteiger charge is -2.13. The molecule has 1 amide bonds. The van der Waals surface area contributed by atoms with Crippen molar-refractivity contribution in [3.8, 4) is 10.7 Å². The molecule has 1 N–H and O–H groups in total. The number of nitrogens with one attached hydrogen (secondary N) is 1. The van der Waals surface area contributed by atoms with E-state index < -0.39 is 15.8 Å². The summed E-state index contributed by atoms with van der Waals surface area (Å²) < 4.78 is 43.5. The van der Waals surface area contributed by atoms with Gasteiger partial charge in [0, 0.05) is 31.4 Å². The van der Waals surface area contributed by atoms with Gasteiger partial charge in [-0.1, -0.05) is 11.6 Å². The Balaban J connectivity index is 1.63. The van der Waals surface area contributed by atoms with Crippen molar-refractivity contribution in [1.29, 1.82) is 0 Å². The summed E-state index contributed by atoms with van der Waals surface area (Å²) in [4.78, 5) is 19.6. The third-order valence-corrected chi connectivity index (χ3v) is 7.80. The number of hydrogen-bond acceptors (Lipinski definition) is 5. The van der Waals surface area contributed by atoms with Gasteiger partial charge < -0.3 is 9.47 Å². The largest absolute Gasteiger partial charge is 0.347 e. The summed E-state index contributed by atoms with van der Waals surface area (Å²) >= 11 is 6.96. The van der Waals surface area contributed by atoms with Gasteiger partial charge in [0.2, 0.25) is 0 Å². The third kappa shape index (κ3) is 4.32. The van der Waals surface area contributed by atoms with Gasteiger partial charge in [0.1, 0.15) is 20.6 Å². The highest BCUT2D eigenvalue weighted by Gasteiger charge is 2.26. The number of aryl methyl sites for hydroxylation is 2. The molecular weight excluding hydrogens is 463 g/mol. The number of hydrogen-bond donors (Lipinski definition) is 1. The minimum atomic E-state index is -4.04. The molecule has 0 bridgehead atoms. The first-order chi connectivity index (χ1) is 14.7. The second kappa shape index (κ2) is 8.25. The molecule has 3 aromatic rings. The molecule has 0 saturated carbocycles. The molecular formula is C20H20ClFN4O3S2. The van der Waals surface area contributed by atoms with Gasteiger partial charge in [-0.2, -0.15) is 0 Å². The summed E-state index contributed by atoms with van der Waals surface area (Å²) in [6, 6.07) is 5.15. The van der Waals surface area contributed by atoms with Crippen LogP contribution in [0.25, 0.3) is 10.7 Å². The number of nitrogens with zero attached hydrogens (tertiary/aromatic N) is 3. The first kappa shape index (κ1) is 21.8. The van der Waals surface area contributed by atoms with Crippen LogP contribution in [0.1, 0.15) is 28.2 Å². The van der Waals surface area contributed by atoms with Crippen LogP contribution in [0.15, 0.2) is 35.4 Å². The maximum atomic E-state index is 14.0. The number of thiazole rings is 1.